The Morgan fingerprint density at radius 1 is 1.00 bits per heavy atom. The molecular formula is C20H18N6. The van der Waals surface area contributed by atoms with Gasteiger partial charge < -0.3 is 0 Å². The van der Waals surface area contributed by atoms with Gasteiger partial charge in [-0.2, -0.15) is 0 Å². The Kier molecular flexibility index (Phi) is 4.15. The molecule has 0 atom stereocenters. The van der Waals surface area contributed by atoms with Crippen molar-refractivity contribution in [1.82, 2.24) is 19.5 Å². The first kappa shape index (κ1) is 16.0. The van der Waals surface area contributed by atoms with Crippen LogP contribution >= 0.6 is 0 Å². The Hall–Kier alpha value is -3.54. The predicted molar refractivity (Wildman–Crippen MR) is 104 cm³/mol. The highest BCUT2D eigenvalue weighted by atomic mass is 15.2. The van der Waals surface area contributed by atoms with E-state index in [2.05, 4.69) is 26.0 Å². The molecule has 3 heterocycles. The highest BCUT2D eigenvalue weighted by molar-refractivity contribution is 5.89. The molecule has 0 aliphatic heterocycles. The van der Waals surface area contributed by atoms with Crippen molar-refractivity contribution >= 4 is 29.0 Å². The molecule has 0 amide bonds. The van der Waals surface area contributed by atoms with Gasteiger partial charge in [-0.15, -0.1) is 0 Å². The average molecular weight is 342 g/mol. The Labute approximate surface area is 151 Å². The number of nitrogens with zero attached hydrogens (tertiary/aromatic N) is 6. The summed E-state index contributed by atoms with van der Waals surface area (Å²) in [5.41, 5.74) is 4.71. The first-order chi connectivity index (χ1) is 12.8. The fraction of sp³-hybridized carbons (Fsp3) is 0.100. The van der Waals surface area contributed by atoms with Crippen LogP contribution < -0.4 is 4.90 Å². The summed E-state index contributed by atoms with van der Waals surface area (Å²) in [5.74, 6) is 0.851. The lowest BCUT2D eigenvalue weighted by Gasteiger charge is -2.21. The zero-order valence-corrected chi connectivity index (χ0v) is 14.6. The first-order valence-corrected chi connectivity index (χ1v) is 8.29. The van der Waals surface area contributed by atoms with Gasteiger partial charge in [0.15, 0.2) is 5.65 Å². The predicted octanol–water partition coefficient (Wildman–Crippen LogP) is 3.92. The van der Waals surface area contributed by atoms with Gasteiger partial charge in [0.2, 0.25) is 0 Å². The summed E-state index contributed by atoms with van der Waals surface area (Å²) in [6, 6.07) is 16.0. The summed E-state index contributed by atoms with van der Waals surface area (Å²) in [5, 5.41) is 0. The summed E-state index contributed by atoms with van der Waals surface area (Å²) in [6.07, 6.45) is 7.13. The van der Waals surface area contributed by atoms with Gasteiger partial charge in [0.05, 0.1) is 17.7 Å². The fourth-order valence-corrected chi connectivity index (χ4v) is 2.92. The lowest BCUT2D eigenvalue weighted by molar-refractivity contribution is 1.06. The van der Waals surface area contributed by atoms with Crippen molar-refractivity contribution in [3.05, 3.63) is 72.8 Å². The van der Waals surface area contributed by atoms with E-state index in [9.17, 15) is 0 Å². The fourth-order valence-electron chi connectivity index (χ4n) is 2.92. The Morgan fingerprint density at radius 2 is 1.85 bits per heavy atom. The molecule has 0 N–H and O–H groups in total. The molecule has 0 unspecified atom stereocenters. The van der Waals surface area contributed by atoms with Gasteiger partial charge in [-0.05, 0) is 48.9 Å². The van der Waals surface area contributed by atoms with Gasteiger partial charge in [-0.1, -0.05) is 12.1 Å². The van der Waals surface area contributed by atoms with Crippen molar-refractivity contribution < 1.29 is 0 Å². The van der Waals surface area contributed by atoms with Gasteiger partial charge in [0, 0.05) is 19.4 Å². The van der Waals surface area contributed by atoms with E-state index in [-0.39, 0.29) is 0 Å². The van der Waals surface area contributed by atoms with Crippen LogP contribution in [-0.4, -0.2) is 32.9 Å². The molecule has 0 spiro atoms. The lowest BCUT2D eigenvalue weighted by Crippen LogP contribution is -2.17. The standard InChI is InChI=1S/C20H18N6/c1-15-6-4-10-22-19(15)25(13-21-2)16-7-3-8-17(12-16)26-14-24-18-9-5-11-23-20(18)26/h3-14H,1-2H3. The number of hydrogen-bond donors (Lipinski definition) is 0. The number of aliphatic imine (C=N–C) groups is 1. The summed E-state index contributed by atoms with van der Waals surface area (Å²) in [7, 11) is 1.75. The van der Waals surface area contributed by atoms with E-state index in [4.69, 9.17) is 0 Å². The molecule has 0 saturated carbocycles. The van der Waals surface area contributed by atoms with E-state index in [1.807, 2.05) is 58.9 Å². The third-order valence-electron chi connectivity index (χ3n) is 4.13. The number of aromatic nitrogens is 4. The van der Waals surface area contributed by atoms with Crippen LogP contribution in [0.2, 0.25) is 0 Å². The minimum atomic E-state index is 0.828. The SMILES string of the molecule is CN=CN(c1cccc(-n2cnc3cccnc32)c1)c1ncccc1C. The van der Waals surface area contributed by atoms with Crippen LogP contribution in [-0.2, 0) is 0 Å². The summed E-state index contributed by atoms with van der Waals surface area (Å²) in [6.45, 7) is 2.04. The van der Waals surface area contributed by atoms with Crippen LogP contribution in [0.15, 0.2) is 72.2 Å². The zero-order valence-electron chi connectivity index (χ0n) is 14.6. The van der Waals surface area contributed by atoms with Gasteiger partial charge in [0.25, 0.3) is 0 Å². The number of fused-ring (bicyclic) bond motifs is 1. The third kappa shape index (κ3) is 2.82. The van der Waals surface area contributed by atoms with Crippen LogP contribution in [0.5, 0.6) is 0 Å². The second kappa shape index (κ2) is 6.76. The van der Waals surface area contributed by atoms with Crippen molar-refractivity contribution in [2.75, 3.05) is 11.9 Å². The number of anilines is 2. The lowest BCUT2D eigenvalue weighted by atomic mass is 10.2. The molecular weight excluding hydrogens is 324 g/mol. The monoisotopic (exact) mass is 342 g/mol. The maximum absolute atomic E-state index is 4.52. The van der Waals surface area contributed by atoms with Crippen LogP contribution in [0.25, 0.3) is 16.9 Å². The molecule has 26 heavy (non-hydrogen) atoms. The van der Waals surface area contributed by atoms with E-state index >= 15 is 0 Å². The highest BCUT2D eigenvalue weighted by Crippen LogP contribution is 2.27. The van der Waals surface area contributed by atoms with Crippen molar-refractivity contribution in [1.29, 1.82) is 0 Å². The van der Waals surface area contributed by atoms with Gasteiger partial charge >= 0.3 is 0 Å². The van der Waals surface area contributed by atoms with E-state index in [1.165, 1.54) is 0 Å². The molecule has 0 fully saturated rings. The molecule has 6 nitrogen and oxygen atoms in total. The van der Waals surface area contributed by atoms with E-state index in [0.717, 1.165) is 33.9 Å². The van der Waals surface area contributed by atoms with E-state index < -0.39 is 0 Å². The highest BCUT2D eigenvalue weighted by Gasteiger charge is 2.13. The number of rotatable bonds is 4. The Bertz CT molecular complexity index is 1080. The number of hydrogen-bond acceptors (Lipinski definition) is 4. The van der Waals surface area contributed by atoms with Crippen molar-refractivity contribution in [2.24, 2.45) is 4.99 Å². The molecule has 0 aliphatic carbocycles. The van der Waals surface area contributed by atoms with Gasteiger partial charge in [-0.3, -0.25) is 14.5 Å². The van der Waals surface area contributed by atoms with Crippen molar-refractivity contribution in [2.45, 2.75) is 6.92 Å². The van der Waals surface area contributed by atoms with Gasteiger partial charge in [-0.25, -0.2) is 15.0 Å². The Balaban J connectivity index is 1.83. The second-order valence-electron chi connectivity index (χ2n) is 5.87. The molecule has 3 aromatic heterocycles. The van der Waals surface area contributed by atoms with Gasteiger partial charge in [0.1, 0.15) is 17.7 Å². The van der Waals surface area contributed by atoms with Crippen LogP contribution in [0, 0.1) is 6.92 Å². The molecule has 0 saturated heterocycles. The van der Waals surface area contributed by atoms with E-state index in [0.29, 0.717) is 0 Å². The first-order valence-electron chi connectivity index (χ1n) is 8.29. The quantitative estimate of drug-likeness (QED) is 0.417. The summed E-state index contributed by atoms with van der Waals surface area (Å²) in [4.78, 5) is 19.6. The number of aryl methyl sites for hydroxylation is 1. The smallest absolute Gasteiger partial charge is 0.164 e. The minimum absolute atomic E-state index is 0.828. The minimum Gasteiger partial charge on any atom is -0.285 e. The molecule has 0 aliphatic rings. The molecule has 4 rings (SSSR count). The third-order valence-corrected chi connectivity index (χ3v) is 4.13. The number of benzene rings is 1. The Morgan fingerprint density at radius 3 is 2.69 bits per heavy atom. The average Bonchev–Trinajstić information content (AvgIpc) is 3.11. The summed E-state index contributed by atoms with van der Waals surface area (Å²) >= 11 is 0. The molecule has 1 aromatic carbocycles. The number of pyridine rings is 2. The normalized spacial score (nSPS) is 11.3. The van der Waals surface area contributed by atoms with Crippen LogP contribution in [0.4, 0.5) is 11.5 Å². The maximum atomic E-state index is 4.52. The molecule has 6 heteroatoms. The van der Waals surface area contributed by atoms with Crippen molar-refractivity contribution in [3.8, 4) is 5.69 Å². The maximum Gasteiger partial charge on any atom is 0.164 e. The molecule has 128 valence electrons. The van der Waals surface area contributed by atoms with Crippen molar-refractivity contribution in [3.63, 3.8) is 0 Å². The van der Waals surface area contributed by atoms with Crippen LogP contribution in [0.1, 0.15) is 5.56 Å². The topological polar surface area (TPSA) is 59.2 Å². The summed E-state index contributed by atoms with van der Waals surface area (Å²) < 4.78 is 1.98. The largest absolute Gasteiger partial charge is 0.285 e. The molecule has 4 aromatic rings. The van der Waals surface area contributed by atoms with Crippen LogP contribution in [0.3, 0.4) is 0 Å². The van der Waals surface area contributed by atoms with E-state index in [1.54, 1.807) is 32.1 Å². The second-order valence-corrected chi connectivity index (χ2v) is 5.87. The zero-order chi connectivity index (χ0) is 17.9. The number of imidazole rings is 1. The molecule has 0 radical (unpaired) electrons. The molecule has 0 bridgehead atoms.